The molecule has 0 heterocycles. The molecule has 0 fully saturated rings. The summed E-state index contributed by atoms with van der Waals surface area (Å²) in [6, 6.07) is 3.45. The second-order valence-electron chi connectivity index (χ2n) is 3.51. The molecule has 0 saturated heterocycles. The first-order chi connectivity index (χ1) is 7.99. The Bertz CT molecular complexity index is 413. The van der Waals surface area contributed by atoms with E-state index in [1.54, 1.807) is 7.05 Å². The molecule has 0 amide bonds. The summed E-state index contributed by atoms with van der Waals surface area (Å²) in [7, 11) is 1.56. The maximum Gasteiger partial charge on any atom is 0.305 e. The Hall–Kier alpha value is -1.57. The van der Waals surface area contributed by atoms with Crippen molar-refractivity contribution in [1.82, 2.24) is 5.32 Å². The second kappa shape index (κ2) is 5.67. The van der Waals surface area contributed by atoms with E-state index < -0.39 is 28.6 Å². The Morgan fingerprint density at radius 3 is 2.71 bits per heavy atom. The van der Waals surface area contributed by atoms with Gasteiger partial charge < -0.3 is 15.5 Å². The lowest BCUT2D eigenvalue weighted by atomic mass is 10.0. The molecule has 0 bridgehead atoms. The quantitative estimate of drug-likeness (QED) is 0.513. The van der Waals surface area contributed by atoms with Crippen LogP contribution in [-0.4, -0.2) is 34.8 Å². The van der Waals surface area contributed by atoms with Crippen LogP contribution in [0, 0.1) is 15.9 Å². The highest BCUT2D eigenvalue weighted by molar-refractivity contribution is 5.38. The van der Waals surface area contributed by atoms with E-state index in [4.69, 9.17) is 0 Å². The van der Waals surface area contributed by atoms with Gasteiger partial charge in [0, 0.05) is 18.2 Å². The maximum atomic E-state index is 13.6. The van der Waals surface area contributed by atoms with Crippen LogP contribution < -0.4 is 5.32 Å². The Morgan fingerprint density at radius 1 is 1.53 bits per heavy atom. The third-order valence-electron chi connectivity index (χ3n) is 2.30. The fraction of sp³-hybridized carbons (Fsp3) is 0.400. The number of aliphatic hydroxyl groups is 2. The summed E-state index contributed by atoms with van der Waals surface area (Å²) in [6.07, 6.45) is -2.75. The predicted molar refractivity (Wildman–Crippen MR) is 57.9 cm³/mol. The van der Waals surface area contributed by atoms with E-state index in [0.717, 1.165) is 6.07 Å². The summed E-state index contributed by atoms with van der Waals surface area (Å²) in [5, 5.41) is 32.2. The zero-order chi connectivity index (χ0) is 13.0. The van der Waals surface area contributed by atoms with Crippen molar-refractivity contribution >= 4 is 5.69 Å². The minimum atomic E-state index is -1.51. The number of benzene rings is 1. The van der Waals surface area contributed by atoms with Crippen molar-refractivity contribution < 1.29 is 19.5 Å². The van der Waals surface area contributed by atoms with Crippen LogP contribution >= 0.6 is 0 Å². The van der Waals surface area contributed by atoms with Gasteiger partial charge in [-0.25, -0.2) is 0 Å². The van der Waals surface area contributed by atoms with Gasteiger partial charge in [0.2, 0.25) is 5.82 Å². The minimum Gasteiger partial charge on any atom is -0.389 e. The van der Waals surface area contributed by atoms with Crippen molar-refractivity contribution in [2.75, 3.05) is 13.6 Å². The topological polar surface area (TPSA) is 95.6 Å². The smallest absolute Gasteiger partial charge is 0.305 e. The first kappa shape index (κ1) is 13.5. The van der Waals surface area contributed by atoms with Crippen molar-refractivity contribution in [3.8, 4) is 0 Å². The van der Waals surface area contributed by atoms with Gasteiger partial charge in [-0.15, -0.1) is 0 Å². The maximum absolute atomic E-state index is 13.6. The fourth-order valence-corrected chi connectivity index (χ4v) is 1.43. The number of nitro groups is 1. The first-order valence-electron chi connectivity index (χ1n) is 4.92. The lowest BCUT2D eigenvalue weighted by Gasteiger charge is -2.18. The second-order valence-corrected chi connectivity index (χ2v) is 3.51. The highest BCUT2D eigenvalue weighted by Crippen LogP contribution is 2.26. The van der Waals surface area contributed by atoms with Crippen molar-refractivity contribution in [1.29, 1.82) is 0 Å². The number of hydrogen-bond donors (Lipinski definition) is 3. The van der Waals surface area contributed by atoms with E-state index in [9.17, 15) is 24.7 Å². The van der Waals surface area contributed by atoms with Gasteiger partial charge in [0.1, 0.15) is 6.10 Å². The SMILES string of the molecule is CNCC(O)C(O)c1cccc([N+](=O)[O-])c1F. The molecule has 0 aliphatic carbocycles. The monoisotopic (exact) mass is 244 g/mol. The summed E-state index contributed by atoms with van der Waals surface area (Å²) in [5.74, 6) is -1.12. The summed E-state index contributed by atoms with van der Waals surface area (Å²) in [5.41, 5.74) is -1.01. The number of nitrogens with zero attached hydrogens (tertiary/aromatic N) is 1. The number of aliphatic hydroxyl groups excluding tert-OH is 2. The lowest BCUT2D eigenvalue weighted by Crippen LogP contribution is -2.30. The molecule has 0 aromatic heterocycles. The van der Waals surface area contributed by atoms with E-state index >= 15 is 0 Å². The standard InChI is InChI=1S/C10H13FN2O4/c1-12-5-8(14)10(15)6-3-2-4-7(9(6)11)13(16)17/h2-4,8,10,12,14-15H,5H2,1H3. The molecule has 17 heavy (non-hydrogen) atoms. The van der Waals surface area contributed by atoms with Crippen LogP contribution in [0.4, 0.5) is 10.1 Å². The van der Waals surface area contributed by atoms with Gasteiger partial charge in [0.25, 0.3) is 0 Å². The number of hydrogen-bond acceptors (Lipinski definition) is 5. The number of nitrogens with one attached hydrogen (secondary N) is 1. The van der Waals surface area contributed by atoms with Crippen LogP contribution in [0.1, 0.15) is 11.7 Å². The highest BCUT2D eigenvalue weighted by atomic mass is 19.1. The van der Waals surface area contributed by atoms with Gasteiger partial charge in [-0.1, -0.05) is 12.1 Å². The highest BCUT2D eigenvalue weighted by Gasteiger charge is 2.25. The van der Waals surface area contributed by atoms with Gasteiger partial charge in [-0.05, 0) is 7.05 Å². The molecule has 2 atom stereocenters. The molecule has 2 unspecified atom stereocenters. The normalized spacial score (nSPS) is 14.4. The molecule has 0 radical (unpaired) electrons. The fourth-order valence-electron chi connectivity index (χ4n) is 1.43. The van der Waals surface area contributed by atoms with Crippen molar-refractivity contribution in [2.45, 2.75) is 12.2 Å². The summed E-state index contributed by atoms with van der Waals surface area (Å²) in [6.45, 7) is 0.0449. The summed E-state index contributed by atoms with van der Waals surface area (Å²) >= 11 is 0. The van der Waals surface area contributed by atoms with E-state index in [1.807, 2.05) is 0 Å². The average molecular weight is 244 g/mol. The van der Waals surface area contributed by atoms with E-state index in [-0.39, 0.29) is 12.1 Å². The van der Waals surface area contributed by atoms with Crippen LogP contribution in [-0.2, 0) is 0 Å². The van der Waals surface area contributed by atoms with Crippen LogP contribution in [0.15, 0.2) is 18.2 Å². The Kier molecular flexibility index (Phi) is 4.50. The molecule has 94 valence electrons. The van der Waals surface area contributed by atoms with Gasteiger partial charge in [0.15, 0.2) is 0 Å². The minimum absolute atomic E-state index is 0.0449. The average Bonchev–Trinajstić information content (AvgIpc) is 2.28. The molecule has 0 aliphatic rings. The Balaban J connectivity index is 3.06. The molecule has 6 nitrogen and oxygen atoms in total. The van der Waals surface area contributed by atoms with Crippen molar-refractivity contribution in [2.24, 2.45) is 0 Å². The summed E-state index contributed by atoms with van der Waals surface area (Å²) in [4.78, 5) is 9.62. The Morgan fingerprint density at radius 2 is 2.18 bits per heavy atom. The van der Waals surface area contributed by atoms with Gasteiger partial charge in [0.05, 0.1) is 11.0 Å². The first-order valence-corrected chi connectivity index (χ1v) is 4.92. The Labute approximate surface area is 96.8 Å². The van der Waals surface area contributed by atoms with E-state index in [2.05, 4.69) is 5.32 Å². The lowest BCUT2D eigenvalue weighted by molar-refractivity contribution is -0.387. The van der Waals surface area contributed by atoms with Crippen molar-refractivity contribution in [3.05, 3.63) is 39.7 Å². The van der Waals surface area contributed by atoms with Gasteiger partial charge in [-0.2, -0.15) is 4.39 Å². The molecular weight excluding hydrogens is 231 g/mol. The molecule has 7 heteroatoms. The van der Waals surface area contributed by atoms with E-state index in [0.29, 0.717) is 0 Å². The molecule has 3 N–H and O–H groups in total. The largest absolute Gasteiger partial charge is 0.389 e. The zero-order valence-electron chi connectivity index (χ0n) is 9.13. The van der Waals surface area contributed by atoms with E-state index in [1.165, 1.54) is 12.1 Å². The van der Waals surface area contributed by atoms with Crippen LogP contribution in [0.2, 0.25) is 0 Å². The number of rotatable bonds is 5. The predicted octanol–water partition coefficient (Wildman–Crippen LogP) is 0.348. The van der Waals surface area contributed by atoms with Gasteiger partial charge >= 0.3 is 5.69 Å². The molecule has 0 saturated carbocycles. The van der Waals surface area contributed by atoms with Crippen molar-refractivity contribution in [3.63, 3.8) is 0 Å². The van der Waals surface area contributed by atoms with Gasteiger partial charge in [-0.3, -0.25) is 10.1 Å². The number of likely N-dealkylation sites (N-methyl/N-ethyl adjacent to an activating group) is 1. The third-order valence-corrected chi connectivity index (χ3v) is 2.30. The van der Waals surface area contributed by atoms with Crippen LogP contribution in [0.3, 0.4) is 0 Å². The molecule has 0 spiro atoms. The van der Waals surface area contributed by atoms with Crippen LogP contribution in [0.5, 0.6) is 0 Å². The number of halogens is 1. The molecular formula is C10H13FN2O4. The zero-order valence-corrected chi connectivity index (χ0v) is 9.13. The molecule has 1 aromatic carbocycles. The number of nitro benzene ring substituents is 1. The molecule has 0 aliphatic heterocycles. The molecule has 1 rings (SSSR count). The molecule has 1 aromatic rings. The third kappa shape index (κ3) is 2.96. The summed E-state index contributed by atoms with van der Waals surface area (Å²) < 4.78 is 13.6. The van der Waals surface area contributed by atoms with Crippen LogP contribution in [0.25, 0.3) is 0 Å².